The van der Waals surface area contributed by atoms with Crippen LogP contribution in [0, 0.1) is 5.92 Å². The number of piperidine rings is 1. The van der Waals surface area contributed by atoms with Gasteiger partial charge in [0.2, 0.25) is 0 Å². The smallest absolute Gasteiger partial charge is 0.409 e. The summed E-state index contributed by atoms with van der Waals surface area (Å²) in [6, 6.07) is 8.66. The molecule has 1 saturated heterocycles. The first-order chi connectivity index (χ1) is 16.2. The number of likely N-dealkylation sites (tertiary alicyclic amines) is 1. The van der Waals surface area contributed by atoms with E-state index in [-0.39, 0.29) is 40.2 Å². The van der Waals surface area contributed by atoms with E-state index in [1.165, 1.54) is 7.11 Å². The van der Waals surface area contributed by atoms with E-state index in [0.717, 1.165) is 24.2 Å². The fourth-order valence-corrected chi connectivity index (χ4v) is 4.46. The van der Waals surface area contributed by atoms with Gasteiger partial charge in [0.25, 0.3) is 5.91 Å². The molecule has 1 aliphatic heterocycles. The standard InChI is InChI=1S/C25H30Cl2N2O5/c1-15(2)19-13-17(5-8-21(19)32-3)34-23-20(26)7-6-18(22(23)27)24(30)28-14-16-9-11-29(12-10-16)25(31)33-4/h5-8,13,15-16H,9-12,14H2,1-4H3,(H,28,30). The molecule has 1 heterocycles. The zero-order valence-corrected chi connectivity index (χ0v) is 21.3. The molecule has 0 atom stereocenters. The highest BCUT2D eigenvalue weighted by Gasteiger charge is 2.24. The quantitative estimate of drug-likeness (QED) is 0.486. The Hall–Kier alpha value is -2.64. The predicted octanol–water partition coefficient (Wildman–Crippen LogP) is 6.13. The topological polar surface area (TPSA) is 77.1 Å². The van der Waals surface area contributed by atoms with E-state index in [1.54, 1.807) is 30.2 Å². The van der Waals surface area contributed by atoms with E-state index < -0.39 is 0 Å². The second-order valence-corrected chi connectivity index (χ2v) is 9.29. The van der Waals surface area contributed by atoms with Gasteiger partial charge in [0.15, 0.2) is 5.75 Å². The number of methoxy groups -OCH3 is 2. The maximum atomic E-state index is 12.9. The number of amides is 2. The molecule has 0 unspecified atom stereocenters. The number of rotatable bonds is 7. The van der Waals surface area contributed by atoms with Crippen LogP contribution >= 0.6 is 23.2 Å². The van der Waals surface area contributed by atoms with Crippen molar-refractivity contribution < 1.29 is 23.8 Å². The van der Waals surface area contributed by atoms with Crippen molar-refractivity contribution in [3.8, 4) is 17.2 Å². The lowest BCUT2D eigenvalue weighted by molar-refractivity contribution is 0.0914. The minimum atomic E-state index is -0.319. The van der Waals surface area contributed by atoms with E-state index in [2.05, 4.69) is 19.2 Å². The van der Waals surface area contributed by atoms with Gasteiger partial charge in [0.1, 0.15) is 11.5 Å². The molecule has 3 rings (SSSR count). The van der Waals surface area contributed by atoms with Crippen LogP contribution in [0.4, 0.5) is 4.79 Å². The number of carbonyl (C=O) groups is 2. The fraction of sp³-hybridized carbons (Fsp3) is 0.440. The lowest BCUT2D eigenvalue weighted by Gasteiger charge is -2.30. The first-order valence-corrected chi connectivity index (χ1v) is 12.0. The third-order valence-electron chi connectivity index (χ3n) is 5.94. The van der Waals surface area contributed by atoms with Crippen LogP contribution in [0.5, 0.6) is 17.2 Å². The summed E-state index contributed by atoms with van der Waals surface area (Å²) in [5.74, 6) is 1.72. The van der Waals surface area contributed by atoms with Gasteiger partial charge in [0.05, 0.1) is 29.8 Å². The Bertz CT molecular complexity index is 1040. The van der Waals surface area contributed by atoms with Crippen LogP contribution in [-0.4, -0.2) is 50.8 Å². The van der Waals surface area contributed by atoms with Crippen LogP contribution < -0.4 is 14.8 Å². The first kappa shape index (κ1) is 26.0. The highest BCUT2D eigenvalue weighted by atomic mass is 35.5. The van der Waals surface area contributed by atoms with E-state index in [1.807, 2.05) is 12.1 Å². The number of nitrogens with one attached hydrogen (secondary N) is 1. The summed E-state index contributed by atoms with van der Waals surface area (Å²) in [5.41, 5.74) is 1.27. The molecule has 0 radical (unpaired) electrons. The predicted molar refractivity (Wildman–Crippen MR) is 133 cm³/mol. The van der Waals surface area contributed by atoms with Gasteiger partial charge in [-0.25, -0.2) is 4.79 Å². The van der Waals surface area contributed by atoms with E-state index in [9.17, 15) is 9.59 Å². The normalized spacial score (nSPS) is 14.1. The number of hydrogen-bond donors (Lipinski definition) is 1. The number of carbonyl (C=O) groups excluding carboxylic acids is 2. The third-order valence-corrected chi connectivity index (χ3v) is 6.61. The monoisotopic (exact) mass is 508 g/mol. The second-order valence-electron chi connectivity index (χ2n) is 8.51. The van der Waals surface area contributed by atoms with Gasteiger partial charge in [-0.1, -0.05) is 37.0 Å². The van der Waals surface area contributed by atoms with E-state index in [4.69, 9.17) is 37.4 Å². The number of ether oxygens (including phenoxy) is 3. The van der Waals surface area contributed by atoms with Crippen molar-refractivity contribution in [3.63, 3.8) is 0 Å². The van der Waals surface area contributed by atoms with Crippen molar-refractivity contribution in [1.82, 2.24) is 10.2 Å². The lowest BCUT2D eigenvalue weighted by Crippen LogP contribution is -2.41. The van der Waals surface area contributed by atoms with Gasteiger partial charge < -0.3 is 24.4 Å². The number of nitrogens with zero attached hydrogens (tertiary/aromatic N) is 1. The van der Waals surface area contributed by atoms with Crippen LogP contribution in [0.1, 0.15) is 48.5 Å². The molecule has 7 nitrogen and oxygen atoms in total. The Labute approximate surface area is 210 Å². The minimum Gasteiger partial charge on any atom is -0.496 e. The molecule has 0 aliphatic carbocycles. The minimum absolute atomic E-state index is 0.146. The van der Waals surface area contributed by atoms with Gasteiger partial charge >= 0.3 is 6.09 Å². The Morgan fingerprint density at radius 2 is 1.82 bits per heavy atom. The van der Waals surface area contributed by atoms with Gasteiger partial charge in [-0.2, -0.15) is 0 Å². The molecule has 9 heteroatoms. The van der Waals surface area contributed by atoms with Crippen molar-refractivity contribution in [2.75, 3.05) is 33.9 Å². The highest BCUT2D eigenvalue weighted by Crippen LogP contribution is 2.40. The molecule has 184 valence electrons. The van der Waals surface area contributed by atoms with Crippen molar-refractivity contribution >= 4 is 35.2 Å². The van der Waals surface area contributed by atoms with Crippen molar-refractivity contribution in [2.45, 2.75) is 32.6 Å². The fourth-order valence-electron chi connectivity index (χ4n) is 3.93. The summed E-state index contributed by atoms with van der Waals surface area (Å²) >= 11 is 12.9. The highest BCUT2D eigenvalue weighted by molar-refractivity contribution is 6.39. The average Bonchev–Trinajstić information content (AvgIpc) is 2.84. The van der Waals surface area contributed by atoms with Crippen LogP contribution in [0.15, 0.2) is 30.3 Å². The van der Waals surface area contributed by atoms with Gasteiger partial charge in [-0.05, 0) is 55.0 Å². The zero-order valence-electron chi connectivity index (χ0n) is 19.8. The van der Waals surface area contributed by atoms with Crippen LogP contribution in [0.2, 0.25) is 10.0 Å². The summed E-state index contributed by atoms with van der Waals surface area (Å²) in [6.45, 7) is 5.82. The summed E-state index contributed by atoms with van der Waals surface area (Å²) in [5, 5.41) is 3.39. The SMILES string of the molecule is COC(=O)N1CCC(CNC(=O)c2ccc(Cl)c(Oc3ccc(OC)c(C(C)C)c3)c2Cl)CC1. The lowest BCUT2D eigenvalue weighted by atomic mass is 9.97. The largest absolute Gasteiger partial charge is 0.496 e. The molecular weight excluding hydrogens is 479 g/mol. The van der Waals surface area contributed by atoms with E-state index in [0.29, 0.717) is 30.4 Å². The Balaban J connectivity index is 1.69. The zero-order chi connectivity index (χ0) is 24.8. The Morgan fingerprint density at radius 1 is 1.12 bits per heavy atom. The molecule has 2 amide bonds. The Kier molecular flexibility index (Phi) is 8.91. The molecular formula is C25H30Cl2N2O5. The second kappa shape index (κ2) is 11.7. The van der Waals surface area contributed by atoms with Crippen molar-refractivity contribution in [2.24, 2.45) is 5.92 Å². The molecule has 34 heavy (non-hydrogen) atoms. The summed E-state index contributed by atoms with van der Waals surface area (Å²) in [4.78, 5) is 26.2. The van der Waals surface area contributed by atoms with Crippen LogP contribution in [0.3, 0.4) is 0 Å². The van der Waals surface area contributed by atoms with Gasteiger partial charge in [-0.3, -0.25) is 4.79 Å². The average molecular weight is 509 g/mol. The number of halogens is 2. The maximum Gasteiger partial charge on any atom is 0.409 e. The van der Waals surface area contributed by atoms with Gasteiger partial charge in [-0.15, -0.1) is 0 Å². The summed E-state index contributed by atoms with van der Waals surface area (Å²) in [6.07, 6.45) is 1.25. The molecule has 0 aromatic heterocycles. The summed E-state index contributed by atoms with van der Waals surface area (Å²) < 4.78 is 16.2. The van der Waals surface area contributed by atoms with Crippen LogP contribution in [-0.2, 0) is 4.74 Å². The molecule has 1 N–H and O–H groups in total. The third kappa shape index (κ3) is 6.07. The molecule has 0 bridgehead atoms. The molecule has 1 fully saturated rings. The maximum absolute atomic E-state index is 12.9. The Morgan fingerprint density at radius 3 is 2.44 bits per heavy atom. The molecule has 2 aromatic rings. The van der Waals surface area contributed by atoms with E-state index >= 15 is 0 Å². The van der Waals surface area contributed by atoms with Crippen molar-refractivity contribution in [1.29, 1.82) is 0 Å². The number of hydrogen-bond acceptors (Lipinski definition) is 5. The number of benzene rings is 2. The molecule has 1 aliphatic rings. The molecule has 0 spiro atoms. The van der Waals surface area contributed by atoms with Crippen LogP contribution in [0.25, 0.3) is 0 Å². The van der Waals surface area contributed by atoms with Gasteiger partial charge in [0, 0.05) is 25.2 Å². The molecule has 0 saturated carbocycles. The molecule has 2 aromatic carbocycles. The summed E-state index contributed by atoms with van der Waals surface area (Å²) in [7, 11) is 3.00. The van der Waals surface area contributed by atoms with Crippen molar-refractivity contribution in [3.05, 3.63) is 51.5 Å². The first-order valence-electron chi connectivity index (χ1n) is 11.2.